The van der Waals surface area contributed by atoms with E-state index < -0.39 is 13.2 Å². The summed E-state index contributed by atoms with van der Waals surface area (Å²) < 4.78 is 7.40. The SMILES string of the molecule is COc1ccc2c(c1)C(c1ccc(Cl)cc1)=NC(CC(=O)NCC(=O)NCCc1ccc3ccc(B(O)O)cc3n1)c1nnc(C)n1-2. The Morgan fingerprint density at radius 2 is 1.77 bits per heavy atom. The Morgan fingerprint density at radius 3 is 2.53 bits per heavy atom. The van der Waals surface area contributed by atoms with Crippen molar-refractivity contribution in [1.29, 1.82) is 0 Å². The molecule has 0 fully saturated rings. The zero-order valence-corrected chi connectivity index (χ0v) is 26.4. The number of carbonyl (C=O) groups excluding carboxylic acids is 2. The lowest BCUT2D eigenvalue weighted by atomic mass is 9.80. The number of aromatic nitrogens is 4. The Morgan fingerprint density at radius 1 is 0.979 bits per heavy atom. The van der Waals surface area contributed by atoms with Crippen LogP contribution in [-0.4, -0.2) is 74.6 Å². The second-order valence-corrected chi connectivity index (χ2v) is 11.5. The molecule has 3 aromatic carbocycles. The average Bonchev–Trinajstić information content (AvgIpc) is 3.40. The third kappa shape index (κ3) is 7.02. The zero-order valence-electron chi connectivity index (χ0n) is 25.6. The molecule has 1 atom stereocenters. The Bertz CT molecular complexity index is 2000. The number of halogens is 1. The summed E-state index contributed by atoms with van der Waals surface area (Å²) in [4.78, 5) is 35.4. The van der Waals surface area contributed by atoms with Gasteiger partial charge in [-0.2, -0.15) is 0 Å². The van der Waals surface area contributed by atoms with E-state index >= 15 is 0 Å². The number of amides is 2. The van der Waals surface area contributed by atoms with Crippen LogP contribution in [0.3, 0.4) is 0 Å². The summed E-state index contributed by atoms with van der Waals surface area (Å²) >= 11 is 6.18. The molecule has 14 heteroatoms. The molecule has 0 bridgehead atoms. The molecule has 1 aliphatic heterocycles. The molecule has 4 N–H and O–H groups in total. The first-order valence-electron chi connectivity index (χ1n) is 14.9. The van der Waals surface area contributed by atoms with Crippen molar-refractivity contribution in [1.82, 2.24) is 30.4 Å². The molecule has 1 unspecified atom stereocenters. The molecule has 2 amide bonds. The maximum absolute atomic E-state index is 13.2. The minimum atomic E-state index is -1.58. The summed E-state index contributed by atoms with van der Waals surface area (Å²) in [5.74, 6) is 1.05. The fourth-order valence-electron chi connectivity index (χ4n) is 5.47. The van der Waals surface area contributed by atoms with Crippen molar-refractivity contribution in [2.75, 3.05) is 20.2 Å². The summed E-state index contributed by atoms with van der Waals surface area (Å²) in [6.07, 6.45) is 0.380. The number of rotatable bonds is 10. The molecule has 0 saturated heterocycles. The van der Waals surface area contributed by atoms with Crippen LogP contribution in [0.1, 0.15) is 40.9 Å². The molecular formula is C33H31BClN7O5. The summed E-state index contributed by atoms with van der Waals surface area (Å²) in [6, 6.07) is 21.0. The Hall–Kier alpha value is -5.11. The molecule has 0 aliphatic carbocycles. The molecule has 6 rings (SSSR count). The second-order valence-electron chi connectivity index (χ2n) is 11.0. The van der Waals surface area contributed by atoms with E-state index in [-0.39, 0.29) is 24.8 Å². The standard InChI is InChI=1S/C33H31BClN7O5/c1-19-40-41-33-28(39-32(21-4-8-23(35)9-5-21)26-16-25(47-2)11-12-29(26)42(19)33)17-30(43)37-18-31(44)36-14-13-24-10-6-20-3-7-22(34(45)46)15-27(20)38-24/h3-12,15-16,28,45-46H,13-14,17-18H2,1-2H3,(H,36,44)(H,37,43). The number of hydrogen-bond acceptors (Lipinski definition) is 9. The van der Waals surface area contributed by atoms with Crippen LogP contribution in [0, 0.1) is 6.92 Å². The van der Waals surface area contributed by atoms with Crippen molar-refractivity contribution in [2.24, 2.45) is 4.99 Å². The van der Waals surface area contributed by atoms with Gasteiger partial charge < -0.3 is 25.4 Å². The highest BCUT2D eigenvalue weighted by Crippen LogP contribution is 2.34. The van der Waals surface area contributed by atoms with Gasteiger partial charge in [-0.05, 0) is 54.9 Å². The van der Waals surface area contributed by atoms with E-state index in [4.69, 9.17) is 21.3 Å². The summed E-state index contributed by atoms with van der Waals surface area (Å²) in [5, 5.41) is 34.5. The van der Waals surface area contributed by atoms with Crippen LogP contribution < -0.4 is 20.8 Å². The molecule has 5 aromatic rings. The normalized spacial score (nSPS) is 13.6. The molecule has 12 nitrogen and oxygen atoms in total. The number of nitrogens with zero attached hydrogens (tertiary/aromatic N) is 5. The van der Waals surface area contributed by atoms with Gasteiger partial charge in [0.25, 0.3) is 0 Å². The van der Waals surface area contributed by atoms with Gasteiger partial charge in [-0.25, -0.2) is 0 Å². The molecular weight excluding hydrogens is 621 g/mol. The first-order valence-corrected chi connectivity index (χ1v) is 15.3. The van der Waals surface area contributed by atoms with Gasteiger partial charge >= 0.3 is 7.12 Å². The van der Waals surface area contributed by atoms with Gasteiger partial charge in [0.1, 0.15) is 17.6 Å². The summed E-state index contributed by atoms with van der Waals surface area (Å²) in [6.45, 7) is 1.92. The summed E-state index contributed by atoms with van der Waals surface area (Å²) in [7, 11) is 0.0135. The molecule has 47 heavy (non-hydrogen) atoms. The minimum absolute atomic E-state index is 0.0703. The topological polar surface area (TPSA) is 164 Å². The van der Waals surface area contributed by atoms with Crippen molar-refractivity contribution >= 4 is 52.6 Å². The summed E-state index contributed by atoms with van der Waals surface area (Å²) in [5.41, 5.74) is 4.73. The zero-order chi connectivity index (χ0) is 33.1. The number of nitrogens with one attached hydrogen (secondary N) is 2. The Balaban J connectivity index is 1.14. The van der Waals surface area contributed by atoms with Gasteiger partial charge in [-0.15, -0.1) is 10.2 Å². The highest BCUT2D eigenvalue weighted by molar-refractivity contribution is 6.58. The largest absolute Gasteiger partial charge is 0.497 e. The third-order valence-corrected chi connectivity index (χ3v) is 8.10. The van der Waals surface area contributed by atoms with Crippen LogP contribution in [0.15, 0.2) is 77.8 Å². The lowest BCUT2D eigenvalue weighted by molar-refractivity contribution is -0.126. The maximum atomic E-state index is 13.2. The molecule has 1 aliphatic rings. The number of aliphatic imine (C=N–C) groups is 1. The number of benzene rings is 3. The van der Waals surface area contributed by atoms with Crippen molar-refractivity contribution < 1.29 is 24.4 Å². The average molecular weight is 652 g/mol. The van der Waals surface area contributed by atoms with Crippen LogP contribution >= 0.6 is 11.6 Å². The molecule has 3 heterocycles. The van der Waals surface area contributed by atoms with E-state index in [1.54, 1.807) is 37.4 Å². The predicted octanol–water partition coefficient (Wildman–Crippen LogP) is 2.22. The van der Waals surface area contributed by atoms with Crippen molar-refractivity contribution in [3.63, 3.8) is 0 Å². The number of fused-ring (bicyclic) bond motifs is 4. The quantitative estimate of drug-likeness (QED) is 0.167. The molecule has 2 aromatic heterocycles. The van der Waals surface area contributed by atoms with E-state index in [1.807, 2.05) is 54.0 Å². The third-order valence-electron chi connectivity index (χ3n) is 7.85. The van der Waals surface area contributed by atoms with Gasteiger partial charge in [0.05, 0.1) is 37.0 Å². The van der Waals surface area contributed by atoms with Gasteiger partial charge in [0, 0.05) is 40.2 Å². The fourth-order valence-corrected chi connectivity index (χ4v) is 5.60. The number of methoxy groups -OCH3 is 1. The van der Waals surface area contributed by atoms with Gasteiger partial charge in [-0.3, -0.25) is 24.1 Å². The van der Waals surface area contributed by atoms with E-state index in [2.05, 4.69) is 25.8 Å². The number of aryl methyl sites for hydroxylation is 1. The van der Waals surface area contributed by atoms with E-state index in [0.717, 1.165) is 27.9 Å². The number of hydrogen-bond donors (Lipinski definition) is 4. The highest BCUT2D eigenvalue weighted by Gasteiger charge is 2.30. The maximum Gasteiger partial charge on any atom is 0.488 e. The van der Waals surface area contributed by atoms with E-state index in [1.165, 1.54) is 0 Å². The van der Waals surface area contributed by atoms with Gasteiger partial charge in [-0.1, -0.05) is 41.9 Å². The monoisotopic (exact) mass is 651 g/mol. The first-order chi connectivity index (χ1) is 22.7. The first kappa shape index (κ1) is 31.9. The highest BCUT2D eigenvalue weighted by atomic mass is 35.5. The van der Waals surface area contributed by atoms with Crippen molar-refractivity contribution in [3.05, 3.63) is 106 Å². The van der Waals surface area contributed by atoms with Crippen LogP contribution in [0.25, 0.3) is 16.6 Å². The van der Waals surface area contributed by atoms with Gasteiger partial charge in [0.15, 0.2) is 5.82 Å². The van der Waals surface area contributed by atoms with Crippen LogP contribution in [0.2, 0.25) is 5.02 Å². The molecule has 0 radical (unpaired) electrons. The molecule has 0 spiro atoms. The number of ether oxygens (including phenoxy) is 1. The minimum Gasteiger partial charge on any atom is -0.497 e. The van der Waals surface area contributed by atoms with E-state index in [9.17, 15) is 19.6 Å². The van der Waals surface area contributed by atoms with Crippen molar-refractivity contribution in [3.8, 4) is 11.4 Å². The molecule has 0 saturated carbocycles. The van der Waals surface area contributed by atoms with E-state index in [0.29, 0.717) is 52.1 Å². The second kappa shape index (κ2) is 13.7. The fraction of sp³-hybridized carbons (Fsp3) is 0.212. The Labute approximate surface area is 275 Å². The lowest BCUT2D eigenvalue weighted by Gasteiger charge is -2.14. The number of carbonyl (C=O) groups is 2. The van der Waals surface area contributed by atoms with Crippen LogP contribution in [0.5, 0.6) is 5.75 Å². The van der Waals surface area contributed by atoms with Crippen molar-refractivity contribution in [2.45, 2.75) is 25.8 Å². The van der Waals surface area contributed by atoms with Crippen LogP contribution in [0.4, 0.5) is 0 Å². The van der Waals surface area contributed by atoms with Crippen LogP contribution in [-0.2, 0) is 16.0 Å². The van der Waals surface area contributed by atoms with Gasteiger partial charge in [0.2, 0.25) is 11.8 Å². The lowest BCUT2D eigenvalue weighted by Crippen LogP contribution is -2.38. The smallest absolute Gasteiger partial charge is 0.488 e. The predicted molar refractivity (Wildman–Crippen MR) is 178 cm³/mol. The number of pyridine rings is 1. The molecule has 238 valence electrons. The Kier molecular flexibility index (Phi) is 9.30.